The van der Waals surface area contributed by atoms with Crippen molar-refractivity contribution in [2.45, 2.75) is 4.95 Å². The van der Waals surface area contributed by atoms with Gasteiger partial charge in [0.25, 0.3) is 0 Å². The Morgan fingerprint density at radius 2 is 2.18 bits per heavy atom. The van der Waals surface area contributed by atoms with Crippen molar-refractivity contribution in [3.63, 3.8) is 0 Å². The SMILES string of the molecule is CN(C)C(Br)c1ccccn1. The van der Waals surface area contributed by atoms with Crippen LogP contribution in [-0.2, 0) is 0 Å². The van der Waals surface area contributed by atoms with E-state index in [-0.39, 0.29) is 4.95 Å². The van der Waals surface area contributed by atoms with Gasteiger partial charge in [-0.2, -0.15) is 0 Å². The number of nitrogens with zero attached hydrogens (tertiary/aromatic N) is 2. The van der Waals surface area contributed by atoms with Crippen molar-refractivity contribution in [3.8, 4) is 0 Å². The van der Waals surface area contributed by atoms with E-state index in [1.54, 1.807) is 6.20 Å². The van der Waals surface area contributed by atoms with Crippen LogP contribution in [0.1, 0.15) is 10.6 Å². The molecule has 3 heteroatoms. The molecular weight excluding hydrogens is 204 g/mol. The molecule has 60 valence electrons. The Balaban J connectivity index is 2.77. The lowest BCUT2D eigenvalue weighted by Gasteiger charge is -2.16. The van der Waals surface area contributed by atoms with Crippen LogP contribution in [0, 0.1) is 0 Å². The molecule has 0 amide bonds. The number of aromatic nitrogens is 1. The Hall–Kier alpha value is -0.410. The molecule has 1 atom stereocenters. The van der Waals surface area contributed by atoms with Gasteiger partial charge in [-0.15, -0.1) is 0 Å². The van der Waals surface area contributed by atoms with Gasteiger partial charge in [0.2, 0.25) is 0 Å². The Bertz CT molecular complexity index is 211. The van der Waals surface area contributed by atoms with Gasteiger partial charge in [-0.3, -0.25) is 9.88 Å². The minimum Gasteiger partial charge on any atom is -0.292 e. The van der Waals surface area contributed by atoms with Crippen LogP contribution in [0.4, 0.5) is 0 Å². The van der Waals surface area contributed by atoms with E-state index in [1.807, 2.05) is 32.3 Å². The predicted octanol–water partition coefficient (Wildman–Crippen LogP) is 2.04. The summed E-state index contributed by atoms with van der Waals surface area (Å²) in [6.07, 6.45) is 1.80. The first-order valence-corrected chi connectivity index (χ1v) is 4.35. The molecule has 0 saturated carbocycles. The molecule has 0 spiro atoms. The maximum atomic E-state index is 4.21. The first kappa shape index (κ1) is 8.68. The summed E-state index contributed by atoms with van der Waals surface area (Å²) in [5.74, 6) is 0. The minimum absolute atomic E-state index is 0.212. The molecule has 1 rings (SSSR count). The molecule has 1 unspecified atom stereocenters. The van der Waals surface area contributed by atoms with Crippen molar-refractivity contribution in [2.75, 3.05) is 14.1 Å². The lowest BCUT2D eigenvalue weighted by Crippen LogP contribution is -2.15. The second-order valence-electron chi connectivity index (χ2n) is 2.55. The van der Waals surface area contributed by atoms with Gasteiger partial charge < -0.3 is 0 Å². The molecule has 0 aliphatic heterocycles. The molecule has 0 fully saturated rings. The summed E-state index contributed by atoms with van der Waals surface area (Å²) in [6, 6.07) is 5.90. The zero-order valence-electron chi connectivity index (χ0n) is 6.66. The third kappa shape index (κ3) is 2.27. The summed E-state index contributed by atoms with van der Waals surface area (Å²) in [5.41, 5.74) is 1.04. The Morgan fingerprint density at radius 3 is 2.64 bits per heavy atom. The maximum absolute atomic E-state index is 4.21. The summed E-state index contributed by atoms with van der Waals surface area (Å²) in [7, 11) is 4.02. The lowest BCUT2D eigenvalue weighted by atomic mass is 10.3. The van der Waals surface area contributed by atoms with E-state index < -0.39 is 0 Å². The van der Waals surface area contributed by atoms with E-state index in [9.17, 15) is 0 Å². The maximum Gasteiger partial charge on any atom is 0.108 e. The Morgan fingerprint density at radius 1 is 1.45 bits per heavy atom. The number of pyridine rings is 1. The van der Waals surface area contributed by atoms with E-state index in [0.29, 0.717) is 0 Å². The molecule has 1 heterocycles. The number of halogens is 1. The van der Waals surface area contributed by atoms with Gasteiger partial charge in [0, 0.05) is 6.20 Å². The fourth-order valence-corrected chi connectivity index (χ4v) is 1.05. The molecule has 0 saturated heterocycles. The van der Waals surface area contributed by atoms with Crippen LogP contribution < -0.4 is 0 Å². The molecule has 2 nitrogen and oxygen atoms in total. The zero-order valence-corrected chi connectivity index (χ0v) is 8.25. The van der Waals surface area contributed by atoms with E-state index >= 15 is 0 Å². The second kappa shape index (κ2) is 3.83. The highest BCUT2D eigenvalue weighted by Crippen LogP contribution is 2.21. The summed E-state index contributed by atoms with van der Waals surface area (Å²) in [5, 5.41) is 0. The van der Waals surface area contributed by atoms with Crippen LogP contribution >= 0.6 is 15.9 Å². The minimum atomic E-state index is 0.212. The van der Waals surface area contributed by atoms with E-state index in [2.05, 4.69) is 25.8 Å². The van der Waals surface area contributed by atoms with E-state index in [0.717, 1.165) is 5.69 Å². The number of hydrogen-bond acceptors (Lipinski definition) is 2. The van der Waals surface area contributed by atoms with E-state index in [1.165, 1.54) is 0 Å². The number of hydrogen-bond donors (Lipinski definition) is 0. The zero-order chi connectivity index (χ0) is 8.27. The van der Waals surface area contributed by atoms with E-state index in [4.69, 9.17) is 0 Å². The molecular formula is C8H11BrN2. The average Bonchev–Trinajstić information content (AvgIpc) is 2.05. The molecule has 1 aromatic rings. The van der Waals surface area contributed by atoms with Gasteiger partial charge in [-0.1, -0.05) is 22.0 Å². The lowest BCUT2D eigenvalue weighted by molar-refractivity contribution is 0.392. The molecule has 0 aliphatic rings. The van der Waals surface area contributed by atoms with Gasteiger partial charge >= 0.3 is 0 Å². The van der Waals surface area contributed by atoms with Crippen molar-refractivity contribution in [3.05, 3.63) is 30.1 Å². The number of alkyl halides is 1. The Labute approximate surface area is 75.4 Å². The summed E-state index contributed by atoms with van der Waals surface area (Å²) < 4.78 is 0. The first-order chi connectivity index (χ1) is 5.22. The third-order valence-corrected chi connectivity index (χ3v) is 2.67. The summed E-state index contributed by atoms with van der Waals surface area (Å²) in [6.45, 7) is 0. The van der Waals surface area contributed by atoms with Crippen LogP contribution in [0.2, 0.25) is 0 Å². The molecule has 1 aromatic heterocycles. The van der Waals surface area contributed by atoms with Crippen molar-refractivity contribution in [1.29, 1.82) is 0 Å². The van der Waals surface area contributed by atoms with Crippen LogP contribution in [-0.4, -0.2) is 24.0 Å². The van der Waals surface area contributed by atoms with Gasteiger partial charge in [-0.05, 0) is 26.2 Å². The highest BCUT2D eigenvalue weighted by atomic mass is 79.9. The van der Waals surface area contributed by atoms with Gasteiger partial charge in [0.05, 0.1) is 5.69 Å². The predicted molar refractivity (Wildman–Crippen MR) is 49.6 cm³/mol. The van der Waals surface area contributed by atoms with Crippen LogP contribution in [0.15, 0.2) is 24.4 Å². The van der Waals surface area contributed by atoms with Crippen LogP contribution in [0.5, 0.6) is 0 Å². The number of rotatable bonds is 2. The highest BCUT2D eigenvalue weighted by molar-refractivity contribution is 9.09. The molecule has 0 aromatic carbocycles. The third-order valence-electron chi connectivity index (χ3n) is 1.39. The quantitative estimate of drug-likeness (QED) is 0.554. The second-order valence-corrected chi connectivity index (χ2v) is 3.42. The highest BCUT2D eigenvalue weighted by Gasteiger charge is 2.08. The smallest absolute Gasteiger partial charge is 0.108 e. The largest absolute Gasteiger partial charge is 0.292 e. The van der Waals surface area contributed by atoms with Crippen molar-refractivity contribution in [2.24, 2.45) is 0 Å². The molecule has 0 radical (unpaired) electrons. The topological polar surface area (TPSA) is 16.1 Å². The van der Waals surface area contributed by atoms with Crippen molar-refractivity contribution < 1.29 is 0 Å². The first-order valence-electron chi connectivity index (χ1n) is 3.43. The summed E-state index contributed by atoms with van der Waals surface area (Å²) >= 11 is 3.51. The molecule has 0 N–H and O–H groups in total. The molecule has 0 bridgehead atoms. The van der Waals surface area contributed by atoms with Crippen molar-refractivity contribution >= 4 is 15.9 Å². The summed E-state index contributed by atoms with van der Waals surface area (Å²) in [4.78, 5) is 6.48. The molecule has 11 heavy (non-hydrogen) atoms. The van der Waals surface area contributed by atoms with Crippen LogP contribution in [0.3, 0.4) is 0 Å². The van der Waals surface area contributed by atoms with Gasteiger partial charge in [-0.25, -0.2) is 0 Å². The normalized spacial score (nSPS) is 13.5. The van der Waals surface area contributed by atoms with Crippen LogP contribution in [0.25, 0.3) is 0 Å². The standard InChI is InChI=1S/C8H11BrN2/c1-11(2)8(9)7-5-3-4-6-10-7/h3-6,8H,1-2H3. The Kier molecular flexibility index (Phi) is 3.02. The fraction of sp³-hybridized carbons (Fsp3) is 0.375. The fourth-order valence-electron chi connectivity index (χ4n) is 0.781. The molecule has 0 aliphatic carbocycles. The average molecular weight is 215 g/mol. The van der Waals surface area contributed by atoms with Gasteiger partial charge in [0.15, 0.2) is 0 Å². The van der Waals surface area contributed by atoms with Crippen molar-refractivity contribution in [1.82, 2.24) is 9.88 Å². The monoisotopic (exact) mass is 214 g/mol. The van der Waals surface area contributed by atoms with Gasteiger partial charge in [0.1, 0.15) is 4.95 Å².